The Balaban J connectivity index is 1.35. The van der Waals surface area contributed by atoms with Gasteiger partial charge in [0, 0.05) is 31.5 Å². The number of nitrogens with zero attached hydrogens (tertiary/aromatic N) is 3. The predicted molar refractivity (Wildman–Crippen MR) is 103 cm³/mol. The van der Waals surface area contributed by atoms with Gasteiger partial charge in [0.2, 0.25) is 5.91 Å². The third-order valence-electron chi connectivity index (χ3n) is 4.52. The first-order valence-electron chi connectivity index (χ1n) is 8.97. The number of fused-ring (bicyclic) bond motifs is 1. The van der Waals surface area contributed by atoms with Crippen molar-refractivity contribution in [2.24, 2.45) is 0 Å². The van der Waals surface area contributed by atoms with E-state index in [4.69, 9.17) is 4.52 Å². The molecule has 0 fully saturated rings. The molecular weight excluding hydrogens is 359 g/mol. The molecule has 142 valence electrons. The molecule has 2 heterocycles. The standard InChI is InChI=1S/C21H19FN4O2/c1-26(13-16-12-18(25-28-16)14-5-3-2-4-6-14)21(27)10-9-20-23-17-8-7-15(22)11-19(17)24-20/h2-8,11-12H,9-10,13H2,1H3,(H,23,24). The third-order valence-corrected chi connectivity index (χ3v) is 4.52. The summed E-state index contributed by atoms with van der Waals surface area (Å²) in [6.07, 6.45) is 0.740. The summed E-state index contributed by atoms with van der Waals surface area (Å²) in [5.41, 5.74) is 3.02. The molecule has 0 aliphatic carbocycles. The van der Waals surface area contributed by atoms with E-state index in [0.29, 0.717) is 42.0 Å². The summed E-state index contributed by atoms with van der Waals surface area (Å²) in [6, 6.07) is 15.9. The van der Waals surface area contributed by atoms with Crippen molar-refractivity contribution in [3.05, 3.63) is 72.0 Å². The van der Waals surface area contributed by atoms with E-state index in [1.165, 1.54) is 12.1 Å². The molecule has 0 bridgehead atoms. The SMILES string of the molecule is CN(Cc1cc(-c2ccccc2)no1)C(=O)CCc1nc2ccc(F)cc2[nH]1. The van der Waals surface area contributed by atoms with Crippen molar-refractivity contribution in [1.82, 2.24) is 20.0 Å². The molecule has 0 aliphatic heterocycles. The van der Waals surface area contributed by atoms with E-state index < -0.39 is 0 Å². The second-order valence-electron chi connectivity index (χ2n) is 6.64. The molecular formula is C21H19FN4O2. The summed E-state index contributed by atoms with van der Waals surface area (Å²) in [7, 11) is 1.72. The topological polar surface area (TPSA) is 75.0 Å². The Bertz CT molecular complexity index is 1100. The van der Waals surface area contributed by atoms with Gasteiger partial charge in [-0.15, -0.1) is 0 Å². The number of imidazole rings is 1. The molecule has 4 rings (SSSR count). The smallest absolute Gasteiger partial charge is 0.223 e. The van der Waals surface area contributed by atoms with Gasteiger partial charge in [0.25, 0.3) is 0 Å². The second-order valence-corrected chi connectivity index (χ2v) is 6.64. The fourth-order valence-corrected chi connectivity index (χ4v) is 3.02. The van der Waals surface area contributed by atoms with Crippen LogP contribution in [0.25, 0.3) is 22.3 Å². The normalized spacial score (nSPS) is 11.1. The fourth-order valence-electron chi connectivity index (χ4n) is 3.02. The Hall–Kier alpha value is -3.48. The van der Waals surface area contributed by atoms with Gasteiger partial charge in [0.15, 0.2) is 5.76 Å². The average molecular weight is 378 g/mol. The lowest BCUT2D eigenvalue weighted by molar-refractivity contribution is -0.130. The largest absolute Gasteiger partial charge is 0.359 e. The summed E-state index contributed by atoms with van der Waals surface area (Å²) < 4.78 is 18.6. The van der Waals surface area contributed by atoms with Crippen LogP contribution in [0, 0.1) is 5.82 Å². The molecule has 0 saturated carbocycles. The zero-order valence-electron chi connectivity index (χ0n) is 15.4. The van der Waals surface area contributed by atoms with Crippen molar-refractivity contribution in [3.8, 4) is 11.3 Å². The number of hydrogen-bond acceptors (Lipinski definition) is 4. The number of nitrogens with one attached hydrogen (secondary N) is 1. The summed E-state index contributed by atoms with van der Waals surface area (Å²) in [5, 5.41) is 4.07. The van der Waals surface area contributed by atoms with Crippen molar-refractivity contribution in [2.45, 2.75) is 19.4 Å². The van der Waals surface area contributed by atoms with E-state index in [-0.39, 0.29) is 11.7 Å². The van der Waals surface area contributed by atoms with Gasteiger partial charge in [-0.2, -0.15) is 0 Å². The van der Waals surface area contributed by atoms with Crippen molar-refractivity contribution in [3.63, 3.8) is 0 Å². The minimum Gasteiger partial charge on any atom is -0.359 e. The van der Waals surface area contributed by atoms with Crippen LogP contribution in [0.3, 0.4) is 0 Å². The van der Waals surface area contributed by atoms with Crippen LogP contribution in [0.1, 0.15) is 18.0 Å². The van der Waals surface area contributed by atoms with Gasteiger partial charge >= 0.3 is 0 Å². The van der Waals surface area contributed by atoms with E-state index in [1.54, 1.807) is 18.0 Å². The number of rotatable bonds is 6. The van der Waals surface area contributed by atoms with Crippen molar-refractivity contribution >= 4 is 16.9 Å². The van der Waals surface area contributed by atoms with E-state index >= 15 is 0 Å². The Labute approximate surface area is 161 Å². The molecule has 28 heavy (non-hydrogen) atoms. The van der Waals surface area contributed by atoms with Gasteiger partial charge in [-0.1, -0.05) is 35.5 Å². The second kappa shape index (κ2) is 7.64. The highest BCUT2D eigenvalue weighted by molar-refractivity contribution is 5.77. The molecule has 0 atom stereocenters. The maximum Gasteiger partial charge on any atom is 0.223 e. The van der Waals surface area contributed by atoms with Crippen LogP contribution >= 0.6 is 0 Å². The summed E-state index contributed by atoms with van der Waals surface area (Å²) in [4.78, 5) is 21.5. The number of halogens is 1. The van der Waals surface area contributed by atoms with Crippen LogP contribution in [0.5, 0.6) is 0 Å². The molecule has 0 unspecified atom stereocenters. The van der Waals surface area contributed by atoms with Gasteiger partial charge in [-0.3, -0.25) is 4.79 Å². The van der Waals surface area contributed by atoms with Crippen LogP contribution in [0.2, 0.25) is 0 Å². The third kappa shape index (κ3) is 3.93. The molecule has 7 heteroatoms. The lowest BCUT2D eigenvalue weighted by atomic mass is 10.1. The zero-order valence-corrected chi connectivity index (χ0v) is 15.4. The number of aromatic amines is 1. The number of H-pyrrole nitrogens is 1. The highest BCUT2D eigenvalue weighted by Gasteiger charge is 2.14. The highest BCUT2D eigenvalue weighted by atomic mass is 19.1. The fraction of sp³-hybridized carbons (Fsp3) is 0.190. The molecule has 0 aliphatic rings. The van der Waals surface area contributed by atoms with Gasteiger partial charge in [0.1, 0.15) is 17.3 Å². The van der Waals surface area contributed by atoms with Gasteiger partial charge < -0.3 is 14.4 Å². The van der Waals surface area contributed by atoms with Gasteiger partial charge in [-0.25, -0.2) is 9.37 Å². The quantitative estimate of drug-likeness (QED) is 0.551. The first kappa shape index (κ1) is 17.9. The molecule has 4 aromatic rings. The first-order valence-corrected chi connectivity index (χ1v) is 8.97. The van der Waals surface area contributed by atoms with E-state index in [1.807, 2.05) is 36.4 Å². The minimum atomic E-state index is -0.319. The van der Waals surface area contributed by atoms with Crippen molar-refractivity contribution in [2.75, 3.05) is 7.05 Å². The van der Waals surface area contributed by atoms with Crippen molar-refractivity contribution < 1.29 is 13.7 Å². The number of benzene rings is 2. The number of amides is 1. The Morgan fingerprint density at radius 1 is 1.18 bits per heavy atom. The Kier molecular flexibility index (Phi) is 4.89. The molecule has 0 spiro atoms. The van der Waals surface area contributed by atoms with Gasteiger partial charge in [-0.05, 0) is 18.2 Å². The molecule has 2 aromatic carbocycles. The molecule has 0 saturated heterocycles. The van der Waals surface area contributed by atoms with Gasteiger partial charge in [0.05, 0.1) is 17.6 Å². The maximum atomic E-state index is 13.3. The predicted octanol–water partition coefficient (Wildman–Crippen LogP) is 3.95. The van der Waals surface area contributed by atoms with Crippen LogP contribution in [0.4, 0.5) is 4.39 Å². The van der Waals surface area contributed by atoms with Crippen LogP contribution in [-0.2, 0) is 17.8 Å². The molecule has 0 radical (unpaired) electrons. The van der Waals surface area contributed by atoms with E-state index in [0.717, 1.165) is 11.3 Å². The van der Waals surface area contributed by atoms with E-state index in [2.05, 4.69) is 15.1 Å². The first-order chi connectivity index (χ1) is 13.6. The Morgan fingerprint density at radius 3 is 2.82 bits per heavy atom. The highest BCUT2D eigenvalue weighted by Crippen LogP contribution is 2.19. The minimum absolute atomic E-state index is 0.0377. The summed E-state index contributed by atoms with van der Waals surface area (Å²) >= 11 is 0. The zero-order chi connectivity index (χ0) is 19.5. The average Bonchev–Trinajstić information content (AvgIpc) is 3.33. The summed E-state index contributed by atoms with van der Waals surface area (Å²) in [5.74, 6) is 0.923. The number of aryl methyl sites for hydroxylation is 1. The van der Waals surface area contributed by atoms with Crippen LogP contribution in [0.15, 0.2) is 59.1 Å². The lowest BCUT2D eigenvalue weighted by Crippen LogP contribution is -2.26. The maximum absolute atomic E-state index is 13.3. The molecule has 1 amide bonds. The number of aromatic nitrogens is 3. The van der Waals surface area contributed by atoms with Crippen molar-refractivity contribution in [1.29, 1.82) is 0 Å². The molecule has 6 nitrogen and oxygen atoms in total. The van der Waals surface area contributed by atoms with Crippen LogP contribution in [-0.4, -0.2) is 33.0 Å². The van der Waals surface area contributed by atoms with Crippen LogP contribution < -0.4 is 0 Å². The molecule has 2 aromatic heterocycles. The number of hydrogen-bond donors (Lipinski definition) is 1. The Morgan fingerprint density at radius 2 is 2.00 bits per heavy atom. The number of carbonyl (C=O) groups excluding carboxylic acids is 1. The van der Waals surface area contributed by atoms with E-state index in [9.17, 15) is 9.18 Å². The monoisotopic (exact) mass is 378 g/mol. The lowest BCUT2D eigenvalue weighted by Gasteiger charge is -2.14. The summed E-state index contributed by atoms with van der Waals surface area (Å²) in [6.45, 7) is 0.337. The molecule has 1 N–H and O–H groups in total. The number of carbonyl (C=O) groups is 1.